The molecule has 2 fully saturated rings. The fraction of sp³-hybridized carbons (Fsp3) is 0.750. The van der Waals surface area contributed by atoms with E-state index in [0.29, 0.717) is 25.7 Å². The highest BCUT2D eigenvalue weighted by molar-refractivity contribution is 6.09. The highest BCUT2D eigenvalue weighted by atomic mass is 16.4. The molecule has 1 aliphatic heterocycles. The van der Waals surface area contributed by atoms with Crippen molar-refractivity contribution >= 4 is 23.8 Å². The van der Waals surface area contributed by atoms with E-state index in [2.05, 4.69) is 10.6 Å². The van der Waals surface area contributed by atoms with Crippen LogP contribution in [0.4, 0.5) is 4.79 Å². The number of imide groups is 1. The number of hydrogen-bond acceptors (Lipinski definition) is 4. The number of aliphatic carboxylic acids is 1. The van der Waals surface area contributed by atoms with E-state index in [0.717, 1.165) is 17.7 Å². The number of nitrogens with zero attached hydrogens (tertiary/aromatic N) is 1. The first-order valence-corrected chi connectivity index (χ1v) is 8.44. The van der Waals surface area contributed by atoms with Gasteiger partial charge in [-0.15, -0.1) is 0 Å². The molecule has 8 nitrogen and oxygen atoms in total. The van der Waals surface area contributed by atoms with Crippen LogP contribution in [0.2, 0.25) is 0 Å². The predicted octanol–water partition coefficient (Wildman–Crippen LogP) is 0.858. The van der Waals surface area contributed by atoms with Crippen LogP contribution in [-0.2, 0) is 14.4 Å². The lowest BCUT2D eigenvalue weighted by molar-refractivity contribution is -0.149. The normalized spacial score (nSPS) is 19.7. The van der Waals surface area contributed by atoms with Gasteiger partial charge in [0.25, 0.3) is 5.91 Å². The molecule has 0 bridgehead atoms. The van der Waals surface area contributed by atoms with E-state index >= 15 is 0 Å². The zero-order valence-corrected chi connectivity index (χ0v) is 14.2. The van der Waals surface area contributed by atoms with Gasteiger partial charge in [0.2, 0.25) is 5.91 Å². The van der Waals surface area contributed by atoms with Gasteiger partial charge in [0, 0.05) is 6.54 Å². The van der Waals surface area contributed by atoms with Gasteiger partial charge in [-0.1, -0.05) is 26.7 Å². The van der Waals surface area contributed by atoms with E-state index in [1.165, 1.54) is 0 Å². The Labute approximate surface area is 141 Å². The number of amides is 4. The Hall–Kier alpha value is -2.12. The van der Waals surface area contributed by atoms with E-state index in [1.807, 2.05) is 0 Å². The minimum atomic E-state index is -1.03. The van der Waals surface area contributed by atoms with Crippen molar-refractivity contribution in [1.29, 1.82) is 0 Å². The summed E-state index contributed by atoms with van der Waals surface area (Å²) in [5, 5.41) is 14.6. The number of carboxylic acid groups (broad SMARTS) is 1. The van der Waals surface area contributed by atoms with Gasteiger partial charge in [0.05, 0.1) is 5.41 Å². The minimum Gasteiger partial charge on any atom is -0.481 e. The van der Waals surface area contributed by atoms with Crippen LogP contribution < -0.4 is 10.6 Å². The number of hydrogen-bond donors (Lipinski definition) is 3. The minimum absolute atomic E-state index is 0.0248. The third-order valence-electron chi connectivity index (χ3n) is 5.44. The Balaban J connectivity index is 1.96. The number of carbonyl (C=O) groups excluding carboxylic acids is 3. The second-order valence-electron chi connectivity index (χ2n) is 6.68. The maximum absolute atomic E-state index is 12.5. The summed E-state index contributed by atoms with van der Waals surface area (Å²) in [6.07, 6.45) is 3.71. The van der Waals surface area contributed by atoms with E-state index < -0.39 is 28.9 Å². The van der Waals surface area contributed by atoms with Crippen LogP contribution in [0.5, 0.6) is 0 Å². The SMILES string of the molecule is CCC(CC)(CNC(=O)CN1C(=O)NC2(CCCC2)C1=O)C(=O)O. The van der Waals surface area contributed by atoms with E-state index in [9.17, 15) is 24.3 Å². The standard InChI is InChI=1S/C16H25N3O5/c1-3-15(4-2,13(22)23)10-17-11(20)9-19-12(21)16(18-14(19)24)7-5-6-8-16/h3-10H2,1-2H3,(H,17,20)(H,18,24)(H,22,23). The van der Waals surface area contributed by atoms with Crippen LogP contribution in [0.15, 0.2) is 0 Å². The van der Waals surface area contributed by atoms with Gasteiger partial charge < -0.3 is 15.7 Å². The predicted molar refractivity (Wildman–Crippen MR) is 85.1 cm³/mol. The summed E-state index contributed by atoms with van der Waals surface area (Å²) in [6, 6.07) is -0.549. The summed E-state index contributed by atoms with van der Waals surface area (Å²) in [5.41, 5.74) is -1.87. The highest BCUT2D eigenvalue weighted by Crippen LogP contribution is 2.34. The average Bonchev–Trinajstić information content (AvgIpc) is 3.10. The van der Waals surface area contributed by atoms with Crippen molar-refractivity contribution in [2.24, 2.45) is 5.41 Å². The maximum atomic E-state index is 12.5. The highest BCUT2D eigenvalue weighted by Gasteiger charge is 2.52. The van der Waals surface area contributed by atoms with Crippen molar-refractivity contribution < 1.29 is 24.3 Å². The number of rotatable bonds is 7. The third kappa shape index (κ3) is 3.09. The Bertz CT molecular complexity index is 550. The molecule has 3 N–H and O–H groups in total. The van der Waals surface area contributed by atoms with Crippen LogP contribution in [0.25, 0.3) is 0 Å². The van der Waals surface area contributed by atoms with Crippen LogP contribution in [0.1, 0.15) is 52.4 Å². The smallest absolute Gasteiger partial charge is 0.325 e. The van der Waals surface area contributed by atoms with Gasteiger partial charge in [-0.25, -0.2) is 4.79 Å². The summed E-state index contributed by atoms with van der Waals surface area (Å²) in [6.45, 7) is 3.11. The summed E-state index contributed by atoms with van der Waals surface area (Å²) in [7, 11) is 0. The molecular formula is C16H25N3O5. The maximum Gasteiger partial charge on any atom is 0.325 e. The van der Waals surface area contributed by atoms with Gasteiger partial charge in [-0.05, 0) is 25.7 Å². The van der Waals surface area contributed by atoms with Crippen LogP contribution in [-0.4, -0.2) is 52.4 Å². The molecule has 1 heterocycles. The molecule has 2 aliphatic rings. The van der Waals surface area contributed by atoms with Gasteiger partial charge in [-0.2, -0.15) is 0 Å². The first-order chi connectivity index (χ1) is 11.3. The molecular weight excluding hydrogens is 314 g/mol. The molecule has 1 saturated carbocycles. The lowest BCUT2D eigenvalue weighted by Crippen LogP contribution is -2.47. The number of urea groups is 1. The number of carbonyl (C=O) groups is 4. The molecule has 134 valence electrons. The second kappa shape index (κ2) is 6.78. The Morgan fingerprint density at radius 1 is 1.25 bits per heavy atom. The number of nitrogens with one attached hydrogen (secondary N) is 2. The largest absolute Gasteiger partial charge is 0.481 e. The Morgan fingerprint density at radius 2 is 1.83 bits per heavy atom. The Morgan fingerprint density at radius 3 is 2.33 bits per heavy atom. The molecule has 0 unspecified atom stereocenters. The summed E-state index contributed by atoms with van der Waals surface area (Å²) < 4.78 is 0. The lowest BCUT2D eigenvalue weighted by Gasteiger charge is -2.27. The van der Waals surface area contributed by atoms with Crippen LogP contribution in [0.3, 0.4) is 0 Å². The van der Waals surface area contributed by atoms with Crippen molar-refractivity contribution in [3.63, 3.8) is 0 Å². The van der Waals surface area contributed by atoms with Crippen molar-refractivity contribution in [3.05, 3.63) is 0 Å². The average molecular weight is 339 g/mol. The van der Waals surface area contributed by atoms with Crippen molar-refractivity contribution in [2.75, 3.05) is 13.1 Å². The van der Waals surface area contributed by atoms with Crippen LogP contribution >= 0.6 is 0 Å². The van der Waals surface area contributed by atoms with E-state index in [1.54, 1.807) is 13.8 Å². The zero-order valence-electron chi connectivity index (χ0n) is 14.2. The van der Waals surface area contributed by atoms with E-state index in [-0.39, 0.29) is 19.0 Å². The van der Waals surface area contributed by atoms with Crippen LogP contribution in [0, 0.1) is 5.41 Å². The van der Waals surface area contributed by atoms with Gasteiger partial charge in [0.1, 0.15) is 12.1 Å². The summed E-state index contributed by atoms with van der Waals surface area (Å²) in [5.74, 6) is -1.84. The Kier molecular flexibility index (Phi) is 5.15. The van der Waals surface area contributed by atoms with Gasteiger partial charge in [-0.3, -0.25) is 19.3 Å². The molecule has 1 saturated heterocycles. The quantitative estimate of drug-likeness (QED) is 0.595. The molecule has 0 atom stereocenters. The molecule has 0 radical (unpaired) electrons. The van der Waals surface area contributed by atoms with Crippen molar-refractivity contribution in [3.8, 4) is 0 Å². The lowest BCUT2D eigenvalue weighted by atomic mass is 9.82. The molecule has 1 aliphatic carbocycles. The molecule has 0 aromatic heterocycles. The van der Waals surface area contributed by atoms with E-state index in [4.69, 9.17) is 0 Å². The summed E-state index contributed by atoms with van der Waals surface area (Å²) >= 11 is 0. The first-order valence-electron chi connectivity index (χ1n) is 8.44. The molecule has 0 aromatic rings. The zero-order chi connectivity index (χ0) is 18.0. The topological polar surface area (TPSA) is 116 Å². The molecule has 2 rings (SSSR count). The van der Waals surface area contributed by atoms with Crippen molar-refractivity contribution in [1.82, 2.24) is 15.5 Å². The monoisotopic (exact) mass is 339 g/mol. The molecule has 8 heteroatoms. The molecule has 24 heavy (non-hydrogen) atoms. The molecule has 0 aromatic carbocycles. The number of carboxylic acids is 1. The van der Waals surface area contributed by atoms with Crippen molar-refractivity contribution in [2.45, 2.75) is 57.9 Å². The summed E-state index contributed by atoms with van der Waals surface area (Å²) in [4.78, 5) is 49.0. The first kappa shape index (κ1) is 18.2. The van der Waals surface area contributed by atoms with Gasteiger partial charge in [0.15, 0.2) is 0 Å². The molecule has 4 amide bonds. The molecule has 1 spiro atoms. The fourth-order valence-corrected chi connectivity index (χ4v) is 3.48. The fourth-order valence-electron chi connectivity index (χ4n) is 3.48. The second-order valence-corrected chi connectivity index (χ2v) is 6.68. The van der Waals surface area contributed by atoms with Gasteiger partial charge >= 0.3 is 12.0 Å². The third-order valence-corrected chi connectivity index (χ3v) is 5.44.